The van der Waals surface area contributed by atoms with Crippen LogP contribution in [0.15, 0.2) is 12.1 Å². The monoisotopic (exact) mass is 289 g/mol. The Hall–Kier alpha value is -1.09. The van der Waals surface area contributed by atoms with Crippen molar-refractivity contribution in [3.8, 4) is 0 Å². The fourth-order valence-corrected chi connectivity index (χ4v) is 2.72. The molecular weight excluding hydrogens is 258 g/mol. The maximum atomic E-state index is 4.80. The van der Waals surface area contributed by atoms with E-state index in [4.69, 9.17) is 4.98 Å². The van der Waals surface area contributed by atoms with Crippen molar-refractivity contribution in [3.05, 3.63) is 23.4 Å². The van der Waals surface area contributed by atoms with Crippen LogP contribution in [0.3, 0.4) is 0 Å². The summed E-state index contributed by atoms with van der Waals surface area (Å²) >= 11 is 0. The number of aryl methyl sites for hydroxylation is 1. The van der Waals surface area contributed by atoms with Crippen LogP contribution in [0.5, 0.6) is 0 Å². The third kappa shape index (κ3) is 4.99. The van der Waals surface area contributed by atoms with Crippen LogP contribution in [0.2, 0.25) is 0 Å². The molecule has 1 saturated carbocycles. The second-order valence-corrected chi connectivity index (χ2v) is 7.06. The van der Waals surface area contributed by atoms with Crippen LogP contribution in [-0.2, 0) is 13.0 Å². The number of anilines is 1. The number of nitrogens with zero attached hydrogens (tertiary/aromatic N) is 2. The largest absolute Gasteiger partial charge is 0.359 e. The van der Waals surface area contributed by atoms with Crippen molar-refractivity contribution in [1.29, 1.82) is 0 Å². The molecule has 1 aliphatic rings. The van der Waals surface area contributed by atoms with Crippen molar-refractivity contribution in [2.75, 3.05) is 25.0 Å². The Bertz CT molecular complexity index is 456. The maximum Gasteiger partial charge on any atom is 0.128 e. The summed E-state index contributed by atoms with van der Waals surface area (Å²) in [7, 11) is 2.18. The Morgan fingerprint density at radius 1 is 1.38 bits per heavy atom. The molecule has 1 aliphatic carbocycles. The van der Waals surface area contributed by atoms with Crippen LogP contribution in [0.25, 0.3) is 0 Å². The first-order chi connectivity index (χ1) is 9.99. The van der Waals surface area contributed by atoms with E-state index in [-0.39, 0.29) is 0 Å². The average molecular weight is 289 g/mol. The summed E-state index contributed by atoms with van der Waals surface area (Å²) in [5.74, 6) is 3.59. The molecule has 21 heavy (non-hydrogen) atoms. The van der Waals surface area contributed by atoms with Crippen molar-refractivity contribution in [3.63, 3.8) is 0 Å². The third-order valence-corrected chi connectivity index (χ3v) is 4.34. The first-order valence-corrected chi connectivity index (χ1v) is 8.41. The summed E-state index contributed by atoms with van der Waals surface area (Å²) in [6.45, 7) is 12.2. The zero-order valence-corrected chi connectivity index (χ0v) is 14.3. The molecule has 0 amide bonds. The van der Waals surface area contributed by atoms with E-state index in [1.807, 2.05) is 0 Å². The van der Waals surface area contributed by atoms with Crippen LogP contribution in [0.4, 0.5) is 5.82 Å². The van der Waals surface area contributed by atoms with Crippen molar-refractivity contribution < 1.29 is 0 Å². The highest BCUT2D eigenvalue weighted by Crippen LogP contribution is 2.38. The molecule has 1 aromatic rings. The predicted molar refractivity (Wildman–Crippen MR) is 90.7 cm³/mol. The Labute approximate surface area is 130 Å². The summed E-state index contributed by atoms with van der Waals surface area (Å²) in [6, 6.07) is 4.49. The lowest BCUT2D eigenvalue weighted by Crippen LogP contribution is -2.23. The quantitative estimate of drug-likeness (QED) is 0.794. The van der Waals surface area contributed by atoms with E-state index < -0.39 is 0 Å². The highest BCUT2D eigenvalue weighted by atomic mass is 15.2. The molecule has 0 spiro atoms. The standard InChI is InChI=1S/C18H31N3/c1-6-17-8-15(11-19-10-13(2)3)9-18(20-17)21(5)12-16-7-14(16)4/h8-9,13-14,16,19H,6-7,10-12H2,1-5H3. The molecule has 3 heteroatoms. The van der Waals surface area contributed by atoms with Gasteiger partial charge in [0.15, 0.2) is 0 Å². The first kappa shape index (κ1) is 16.3. The summed E-state index contributed by atoms with van der Waals surface area (Å²) < 4.78 is 0. The molecule has 1 fully saturated rings. The van der Waals surface area contributed by atoms with Gasteiger partial charge >= 0.3 is 0 Å². The van der Waals surface area contributed by atoms with Crippen molar-refractivity contribution in [1.82, 2.24) is 10.3 Å². The van der Waals surface area contributed by atoms with Gasteiger partial charge in [0.25, 0.3) is 0 Å². The number of hydrogen-bond acceptors (Lipinski definition) is 3. The van der Waals surface area contributed by atoms with Gasteiger partial charge in [0, 0.05) is 25.8 Å². The highest BCUT2D eigenvalue weighted by molar-refractivity contribution is 5.42. The van der Waals surface area contributed by atoms with Gasteiger partial charge in [0.05, 0.1) is 0 Å². The van der Waals surface area contributed by atoms with Crippen molar-refractivity contribution in [2.45, 2.75) is 47.1 Å². The molecule has 118 valence electrons. The van der Waals surface area contributed by atoms with Crippen LogP contribution in [0.1, 0.15) is 45.4 Å². The van der Waals surface area contributed by atoms with Gasteiger partial charge in [0.2, 0.25) is 0 Å². The number of hydrogen-bond donors (Lipinski definition) is 1. The fraction of sp³-hybridized carbons (Fsp3) is 0.722. The van der Waals surface area contributed by atoms with Crippen molar-refractivity contribution >= 4 is 5.82 Å². The Kier molecular flexibility index (Phi) is 5.63. The van der Waals surface area contributed by atoms with Crippen molar-refractivity contribution in [2.24, 2.45) is 17.8 Å². The Morgan fingerprint density at radius 2 is 2.10 bits per heavy atom. The summed E-state index contributed by atoms with van der Waals surface area (Å²) in [4.78, 5) is 7.13. The molecule has 1 heterocycles. The minimum absolute atomic E-state index is 0.691. The number of aromatic nitrogens is 1. The zero-order valence-electron chi connectivity index (χ0n) is 14.3. The summed E-state index contributed by atoms with van der Waals surface area (Å²) in [5, 5.41) is 3.53. The molecular formula is C18H31N3. The number of pyridine rings is 1. The molecule has 1 N–H and O–H groups in total. The van der Waals surface area contributed by atoms with Crippen LogP contribution in [0, 0.1) is 17.8 Å². The molecule has 2 unspecified atom stereocenters. The highest BCUT2D eigenvalue weighted by Gasteiger charge is 2.33. The van der Waals surface area contributed by atoms with E-state index >= 15 is 0 Å². The van der Waals surface area contributed by atoms with Gasteiger partial charge in [-0.05, 0) is 54.8 Å². The molecule has 0 bridgehead atoms. The summed E-state index contributed by atoms with van der Waals surface area (Å²) in [5.41, 5.74) is 2.55. The van der Waals surface area contributed by atoms with E-state index in [2.05, 4.69) is 57.1 Å². The van der Waals surface area contributed by atoms with Gasteiger partial charge < -0.3 is 10.2 Å². The molecule has 2 rings (SSSR count). The van der Waals surface area contributed by atoms with Gasteiger partial charge in [0.1, 0.15) is 5.82 Å². The van der Waals surface area contributed by atoms with E-state index in [0.717, 1.165) is 43.7 Å². The minimum atomic E-state index is 0.691. The van der Waals surface area contributed by atoms with Crippen LogP contribution < -0.4 is 10.2 Å². The second kappa shape index (κ2) is 7.26. The molecule has 2 atom stereocenters. The van der Waals surface area contributed by atoms with E-state index in [0.29, 0.717) is 5.92 Å². The van der Waals surface area contributed by atoms with E-state index in [9.17, 15) is 0 Å². The normalized spacial score (nSPS) is 20.9. The smallest absolute Gasteiger partial charge is 0.128 e. The molecule has 0 saturated heterocycles. The molecule has 3 nitrogen and oxygen atoms in total. The fourth-order valence-electron chi connectivity index (χ4n) is 2.72. The second-order valence-electron chi connectivity index (χ2n) is 7.06. The predicted octanol–water partition coefficient (Wildman–Crippen LogP) is 3.48. The minimum Gasteiger partial charge on any atom is -0.359 e. The first-order valence-electron chi connectivity index (χ1n) is 8.41. The molecule has 0 aromatic carbocycles. The number of nitrogens with one attached hydrogen (secondary N) is 1. The maximum absolute atomic E-state index is 4.80. The van der Waals surface area contributed by atoms with Gasteiger partial charge in [-0.1, -0.05) is 27.7 Å². The lowest BCUT2D eigenvalue weighted by atomic mass is 10.1. The van der Waals surface area contributed by atoms with Gasteiger partial charge in [-0.15, -0.1) is 0 Å². The zero-order chi connectivity index (χ0) is 15.4. The lowest BCUT2D eigenvalue weighted by molar-refractivity contribution is 0.552. The SMILES string of the molecule is CCc1cc(CNCC(C)C)cc(N(C)CC2CC2C)n1. The molecule has 0 radical (unpaired) electrons. The van der Waals surface area contributed by atoms with Gasteiger partial charge in [-0.3, -0.25) is 0 Å². The summed E-state index contributed by atoms with van der Waals surface area (Å²) in [6.07, 6.45) is 2.37. The van der Waals surface area contributed by atoms with Crippen LogP contribution in [-0.4, -0.2) is 25.1 Å². The van der Waals surface area contributed by atoms with Gasteiger partial charge in [-0.2, -0.15) is 0 Å². The van der Waals surface area contributed by atoms with Crippen LogP contribution >= 0.6 is 0 Å². The number of rotatable bonds is 8. The third-order valence-electron chi connectivity index (χ3n) is 4.34. The van der Waals surface area contributed by atoms with E-state index in [1.54, 1.807) is 0 Å². The van der Waals surface area contributed by atoms with E-state index in [1.165, 1.54) is 17.7 Å². The lowest BCUT2D eigenvalue weighted by Gasteiger charge is -2.20. The van der Waals surface area contributed by atoms with Gasteiger partial charge in [-0.25, -0.2) is 4.98 Å². The molecule has 1 aromatic heterocycles. The Morgan fingerprint density at radius 3 is 2.67 bits per heavy atom. The topological polar surface area (TPSA) is 28.2 Å². The average Bonchev–Trinajstić information content (AvgIpc) is 3.13. The Balaban J connectivity index is 2.01. The molecule has 0 aliphatic heterocycles.